The Morgan fingerprint density at radius 1 is 1.17 bits per heavy atom. The van der Waals surface area contributed by atoms with E-state index in [0.29, 0.717) is 12.3 Å². The SMILES string of the molecule is CCCCNc1cc(C(=O)OC(C)C(C)=O)cc(S(N)(=O)=O)c1Oc1ccccc1. The third-order valence-electron chi connectivity index (χ3n) is 4.26. The van der Waals surface area contributed by atoms with E-state index in [9.17, 15) is 18.0 Å². The quantitative estimate of drug-likeness (QED) is 0.433. The molecule has 0 saturated heterocycles. The van der Waals surface area contributed by atoms with Crippen LogP contribution in [0, 0.1) is 0 Å². The maximum Gasteiger partial charge on any atom is 0.338 e. The van der Waals surface area contributed by atoms with E-state index in [0.717, 1.165) is 18.9 Å². The Kier molecular flexibility index (Phi) is 7.96. The molecule has 0 fully saturated rings. The van der Waals surface area contributed by atoms with Crippen LogP contribution < -0.4 is 15.2 Å². The molecule has 0 spiro atoms. The van der Waals surface area contributed by atoms with Crippen LogP contribution >= 0.6 is 0 Å². The average molecular weight is 435 g/mol. The maximum absolute atomic E-state index is 12.5. The number of carbonyl (C=O) groups excluding carboxylic acids is 2. The number of ether oxygens (including phenoxy) is 2. The zero-order chi connectivity index (χ0) is 22.3. The van der Waals surface area contributed by atoms with Crippen molar-refractivity contribution >= 4 is 27.5 Å². The molecule has 0 aromatic heterocycles. The van der Waals surface area contributed by atoms with Crippen LogP contribution in [0.2, 0.25) is 0 Å². The topological polar surface area (TPSA) is 125 Å². The fraction of sp³-hybridized carbons (Fsp3) is 0.333. The summed E-state index contributed by atoms with van der Waals surface area (Å²) in [5.74, 6) is -0.787. The lowest BCUT2D eigenvalue weighted by atomic mass is 10.1. The molecule has 2 aromatic carbocycles. The molecule has 0 saturated carbocycles. The van der Waals surface area contributed by atoms with E-state index < -0.39 is 22.1 Å². The van der Waals surface area contributed by atoms with Crippen LogP contribution in [0.4, 0.5) is 5.69 Å². The summed E-state index contributed by atoms with van der Waals surface area (Å²) in [6.45, 7) is 5.26. The van der Waals surface area contributed by atoms with Crippen LogP contribution in [0.3, 0.4) is 0 Å². The van der Waals surface area contributed by atoms with Gasteiger partial charge in [0.1, 0.15) is 10.6 Å². The molecule has 0 aliphatic rings. The second-order valence-electron chi connectivity index (χ2n) is 6.75. The molecule has 0 aliphatic carbocycles. The van der Waals surface area contributed by atoms with Gasteiger partial charge in [0.25, 0.3) is 0 Å². The van der Waals surface area contributed by atoms with Crippen molar-refractivity contribution in [2.75, 3.05) is 11.9 Å². The molecule has 3 N–H and O–H groups in total. The molecule has 1 atom stereocenters. The number of benzene rings is 2. The number of Topliss-reactive ketones (excluding diaryl/α,β-unsaturated/α-hetero) is 1. The predicted molar refractivity (Wildman–Crippen MR) is 113 cm³/mol. The summed E-state index contributed by atoms with van der Waals surface area (Å²) in [5.41, 5.74) is 0.216. The minimum atomic E-state index is -4.25. The largest absolute Gasteiger partial charge is 0.454 e. The Labute approximate surface area is 176 Å². The molecule has 0 amide bonds. The summed E-state index contributed by atoms with van der Waals surface area (Å²) >= 11 is 0. The Hall–Kier alpha value is -2.91. The van der Waals surface area contributed by atoms with E-state index in [1.165, 1.54) is 19.9 Å². The van der Waals surface area contributed by atoms with Crippen molar-refractivity contribution in [2.45, 2.75) is 44.6 Å². The van der Waals surface area contributed by atoms with E-state index in [1.54, 1.807) is 30.3 Å². The molecule has 30 heavy (non-hydrogen) atoms. The number of anilines is 1. The molecule has 0 aliphatic heterocycles. The fourth-order valence-electron chi connectivity index (χ4n) is 2.49. The third-order valence-corrected chi connectivity index (χ3v) is 5.18. The molecule has 1 unspecified atom stereocenters. The first-order valence-electron chi connectivity index (χ1n) is 9.52. The molecule has 0 radical (unpaired) electrons. The number of para-hydroxylation sites is 1. The lowest BCUT2D eigenvalue weighted by molar-refractivity contribution is -0.124. The number of carbonyl (C=O) groups is 2. The van der Waals surface area contributed by atoms with Gasteiger partial charge in [-0.05, 0) is 44.5 Å². The number of nitrogens with two attached hydrogens (primary N) is 1. The molecule has 8 nitrogen and oxygen atoms in total. The van der Waals surface area contributed by atoms with E-state index in [-0.39, 0.29) is 27.7 Å². The van der Waals surface area contributed by atoms with Crippen LogP contribution in [-0.2, 0) is 19.6 Å². The molecule has 0 bridgehead atoms. The minimum absolute atomic E-state index is 0.0176. The lowest BCUT2D eigenvalue weighted by Crippen LogP contribution is -2.22. The number of primary sulfonamides is 1. The van der Waals surface area contributed by atoms with Crippen molar-refractivity contribution in [3.8, 4) is 11.5 Å². The zero-order valence-electron chi connectivity index (χ0n) is 17.2. The Balaban J connectivity index is 2.57. The molecule has 162 valence electrons. The number of ketones is 1. The van der Waals surface area contributed by atoms with Gasteiger partial charge in [0.15, 0.2) is 17.6 Å². The number of rotatable bonds is 10. The summed E-state index contributed by atoms with van der Waals surface area (Å²) in [4.78, 5) is 23.6. The second-order valence-corrected chi connectivity index (χ2v) is 8.28. The number of nitrogens with one attached hydrogen (secondary N) is 1. The normalized spacial score (nSPS) is 12.1. The first kappa shape index (κ1) is 23.4. The minimum Gasteiger partial charge on any atom is -0.454 e. The summed E-state index contributed by atoms with van der Waals surface area (Å²) in [6.07, 6.45) is 0.750. The highest BCUT2D eigenvalue weighted by molar-refractivity contribution is 7.89. The van der Waals surface area contributed by atoms with Gasteiger partial charge in [-0.15, -0.1) is 0 Å². The van der Waals surface area contributed by atoms with E-state index in [2.05, 4.69) is 5.32 Å². The van der Waals surface area contributed by atoms with Crippen molar-refractivity contribution in [3.63, 3.8) is 0 Å². The Bertz CT molecular complexity index is 1010. The van der Waals surface area contributed by atoms with Crippen molar-refractivity contribution in [1.82, 2.24) is 0 Å². The number of unbranched alkanes of at least 4 members (excludes halogenated alkanes) is 1. The highest BCUT2D eigenvalue weighted by Gasteiger charge is 2.25. The van der Waals surface area contributed by atoms with E-state index in [4.69, 9.17) is 14.6 Å². The van der Waals surface area contributed by atoms with Gasteiger partial charge in [0, 0.05) is 6.54 Å². The lowest BCUT2D eigenvalue weighted by Gasteiger charge is -2.18. The number of hydrogen-bond acceptors (Lipinski definition) is 7. The van der Waals surface area contributed by atoms with Gasteiger partial charge >= 0.3 is 5.97 Å². The number of hydrogen-bond donors (Lipinski definition) is 2. The molecule has 9 heteroatoms. The highest BCUT2D eigenvalue weighted by Crippen LogP contribution is 2.37. The van der Waals surface area contributed by atoms with Gasteiger partial charge in [-0.25, -0.2) is 18.4 Å². The van der Waals surface area contributed by atoms with Gasteiger partial charge in [-0.1, -0.05) is 31.5 Å². The summed E-state index contributed by atoms with van der Waals surface area (Å²) in [7, 11) is -4.25. The molecular weight excluding hydrogens is 408 g/mol. The van der Waals surface area contributed by atoms with Crippen LogP contribution in [0.25, 0.3) is 0 Å². The second kappa shape index (κ2) is 10.2. The van der Waals surface area contributed by atoms with Crippen molar-refractivity contribution in [1.29, 1.82) is 0 Å². The molecule has 0 heterocycles. The molecule has 2 rings (SSSR count). The van der Waals surface area contributed by atoms with E-state index in [1.807, 2.05) is 6.92 Å². The number of esters is 1. The highest BCUT2D eigenvalue weighted by atomic mass is 32.2. The van der Waals surface area contributed by atoms with E-state index >= 15 is 0 Å². The zero-order valence-corrected chi connectivity index (χ0v) is 18.0. The molecule has 2 aromatic rings. The van der Waals surface area contributed by atoms with Gasteiger partial charge in [0.05, 0.1) is 11.3 Å². The van der Waals surface area contributed by atoms with Crippen LogP contribution in [0.15, 0.2) is 47.4 Å². The first-order valence-corrected chi connectivity index (χ1v) is 11.1. The summed E-state index contributed by atoms with van der Waals surface area (Å²) in [6, 6.07) is 11.1. The first-order chi connectivity index (χ1) is 14.1. The van der Waals surface area contributed by atoms with Gasteiger partial charge < -0.3 is 14.8 Å². The number of sulfonamides is 1. The Morgan fingerprint density at radius 2 is 1.83 bits per heavy atom. The van der Waals surface area contributed by atoms with Gasteiger partial charge in [-0.2, -0.15) is 0 Å². The summed E-state index contributed by atoms with van der Waals surface area (Å²) < 4.78 is 35.5. The third kappa shape index (κ3) is 6.30. The maximum atomic E-state index is 12.5. The van der Waals surface area contributed by atoms with Crippen LogP contribution in [0.5, 0.6) is 11.5 Å². The van der Waals surface area contributed by atoms with Gasteiger partial charge in [-0.3, -0.25) is 4.79 Å². The summed E-state index contributed by atoms with van der Waals surface area (Å²) in [5, 5.41) is 8.51. The Morgan fingerprint density at radius 3 is 2.40 bits per heavy atom. The van der Waals surface area contributed by atoms with Crippen molar-refractivity contribution in [3.05, 3.63) is 48.0 Å². The molecular formula is C21H26N2O6S. The van der Waals surface area contributed by atoms with Gasteiger partial charge in [0.2, 0.25) is 10.0 Å². The predicted octanol–water partition coefficient (Wildman–Crippen LogP) is 3.47. The van der Waals surface area contributed by atoms with Crippen molar-refractivity contribution < 1.29 is 27.5 Å². The van der Waals surface area contributed by atoms with Crippen LogP contribution in [-0.4, -0.2) is 32.8 Å². The van der Waals surface area contributed by atoms with Crippen LogP contribution in [0.1, 0.15) is 44.0 Å². The van der Waals surface area contributed by atoms with Crippen molar-refractivity contribution in [2.24, 2.45) is 5.14 Å². The smallest absolute Gasteiger partial charge is 0.338 e. The fourth-order valence-corrected chi connectivity index (χ4v) is 3.19. The standard InChI is InChI=1S/C21H26N2O6S/c1-4-5-11-23-18-12-16(21(25)28-15(3)14(2)24)13-19(30(22,26)27)20(18)29-17-9-7-6-8-10-17/h6-10,12-13,15,23H,4-5,11H2,1-3H3,(H2,22,26,27). The average Bonchev–Trinajstić information content (AvgIpc) is 2.68. The monoisotopic (exact) mass is 434 g/mol.